The maximum atomic E-state index is 12.2. The van der Waals surface area contributed by atoms with Crippen molar-refractivity contribution in [2.75, 3.05) is 5.32 Å². The predicted molar refractivity (Wildman–Crippen MR) is 115 cm³/mol. The molecule has 0 radical (unpaired) electrons. The SMILES string of the molecule is O=C(O)CC[C@H](NNC(=O)c1ccc(CNc2ccc3nc[nH]c(=O)c3c2)cc1)C(=O)O. The number of benzene rings is 2. The van der Waals surface area contributed by atoms with Gasteiger partial charge in [0.15, 0.2) is 0 Å². The molecular formula is C21H21N5O6. The number of amides is 1. The molecule has 0 bridgehead atoms. The number of hydrogen-bond acceptors (Lipinski definition) is 7. The number of aromatic amines is 1. The average molecular weight is 439 g/mol. The Morgan fingerprint density at radius 1 is 1.06 bits per heavy atom. The summed E-state index contributed by atoms with van der Waals surface area (Å²) < 4.78 is 0. The highest BCUT2D eigenvalue weighted by atomic mass is 16.4. The quantitative estimate of drug-likeness (QED) is 0.253. The summed E-state index contributed by atoms with van der Waals surface area (Å²) in [4.78, 5) is 52.5. The number of carboxylic acids is 2. The van der Waals surface area contributed by atoms with Gasteiger partial charge in [0.05, 0.1) is 17.2 Å². The molecule has 32 heavy (non-hydrogen) atoms. The van der Waals surface area contributed by atoms with Crippen LogP contribution in [0.5, 0.6) is 0 Å². The molecule has 2 aromatic carbocycles. The molecule has 0 fully saturated rings. The Morgan fingerprint density at radius 2 is 1.81 bits per heavy atom. The molecule has 0 spiro atoms. The third-order valence-corrected chi connectivity index (χ3v) is 4.66. The van der Waals surface area contributed by atoms with Crippen LogP contribution in [-0.4, -0.2) is 44.1 Å². The molecule has 3 rings (SSSR count). The number of H-pyrrole nitrogens is 1. The summed E-state index contributed by atoms with van der Waals surface area (Å²) in [5.74, 6) is -2.94. The number of hydrogen-bond donors (Lipinski definition) is 6. The Balaban J connectivity index is 1.55. The van der Waals surface area contributed by atoms with E-state index in [1.54, 1.807) is 36.4 Å². The predicted octanol–water partition coefficient (Wildman–Crippen LogP) is 1.09. The van der Waals surface area contributed by atoms with E-state index in [1.807, 2.05) is 6.07 Å². The number of carbonyl (C=O) groups is 3. The van der Waals surface area contributed by atoms with Gasteiger partial charge in [0.2, 0.25) is 0 Å². The number of carbonyl (C=O) groups excluding carboxylic acids is 1. The van der Waals surface area contributed by atoms with Crippen molar-refractivity contribution < 1.29 is 24.6 Å². The molecule has 1 heterocycles. The van der Waals surface area contributed by atoms with Crippen molar-refractivity contribution in [3.63, 3.8) is 0 Å². The minimum Gasteiger partial charge on any atom is -0.481 e. The van der Waals surface area contributed by atoms with Gasteiger partial charge in [0.25, 0.3) is 11.5 Å². The van der Waals surface area contributed by atoms with Gasteiger partial charge in [0, 0.05) is 24.2 Å². The minimum absolute atomic E-state index is 0.174. The minimum atomic E-state index is -1.26. The molecule has 1 aromatic heterocycles. The summed E-state index contributed by atoms with van der Waals surface area (Å²) in [5, 5.41) is 21.4. The molecule has 166 valence electrons. The van der Waals surface area contributed by atoms with Crippen LogP contribution in [0.1, 0.15) is 28.8 Å². The second kappa shape index (κ2) is 10.2. The smallest absolute Gasteiger partial charge is 0.322 e. The molecule has 11 nitrogen and oxygen atoms in total. The Morgan fingerprint density at radius 3 is 2.50 bits per heavy atom. The van der Waals surface area contributed by atoms with Crippen molar-refractivity contribution >= 4 is 34.4 Å². The fraction of sp³-hybridized carbons (Fsp3) is 0.190. The van der Waals surface area contributed by atoms with Gasteiger partial charge in [-0.2, -0.15) is 0 Å². The molecule has 0 aliphatic carbocycles. The highest BCUT2D eigenvalue weighted by Crippen LogP contribution is 2.15. The van der Waals surface area contributed by atoms with Gasteiger partial charge >= 0.3 is 11.9 Å². The second-order valence-corrected chi connectivity index (χ2v) is 6.94. The standard InChI is InChI=1S/C21H21N5O6/c27-18(28)8-7-17(21(31)32)25-26-19(29)13-3-1-12(2-4-13)10-22-14-5-6-16-15(9-14)20(30)24-11-23-16/h1-6,9,11,17,22,25H,7-8,10H2,(H,26,29)(H,27,28)(H,31,32)(H,23,24,30)/t17-/m0/s1. The first kappa shape index (κ1) is 22.4. The van der Waals surface area contributed by atoms with E-state index in [1.165, 1.54) is 6.33 Å². The van der Waals surface area contributed by atoms with Crippen LogP contribution in [-0.2, 0) is 16.1 Å². The number of aliphatic carboxylic acids is 2. The Bertz CT molecular complexity index is 1190. The third kappa shape index (κ3) is 5.89. The molecule has 1 atom stereocenters. The molecule has 0 unspecified atom stereocenters. The zero-order valence-electron chi connectivity index (χ0n) is 16.8. The lowest BCUT2D eigenvalue weighted by Crippen LogP contribution is -2.48. The van der Waals surface area contributed by atoms with Crippen LogP contribution >= 0.6 is 0 Å². The highest BCUT2D eigenvalue weighted by molar-refractivity contribution is 5.94. The van der Waals surface area contributed by atoms with E-state index >= 15 is 0 Å². The van der Waals surface area contributed by atoms with Crippen LogP contribution in [0.2, 0.25) is 0 Å². The third-order valence-electron chi connectivity index (χ3n) is 4.66. The number of nitrogens with one attached hydrogen (secondary N) is 4. The van der Waals surface area contributed by atoms with Crippen molar-refractivity contribution in [2.24, 2.45) is 0 Å². The largest absolute Gasteiger partial charge is 0.481 e. The lowest BCUT2D eigenvalue weighted by molar-refractivity contribution is -0.140. The number of anilines is 1. The lowest BCUT2D eigenvalue weighted by atomic mass is 10.1. The monoisotopic (exact) mass is 439 g/mol. The molecule has 1 amide bonds. The first-order valence-electron chi connectivity index (χ1n) is 9.64. The van der Waals surface area contributed by atoms with Gasteiger partial charge in [0.1, 0.15) is 6.04 Å². The summed E-state index contributed by atoms with van der Waals surface area (Å²) in [6.45, 7) is 0.445. The molecular weight excluding hydrogens is 418 g/mol. The molecule has 3 aromatic rings. The summed E-state index contributed by atoms with van der Waals surface area (Å²) >= 11 is 0. The Labute approximate surface area is 181 Å². The highest BCUT2D eigenvalue weighted by Gasteiger charge is 2.19. The number of hydrazine groups is 1. The van der Waals surface area contributed by atoms with Gasteiger partial charge in [-0.1, -0.05) is 12.1 Å². The van der Waals surface area contributed by atoms with Gasteiger partial charge in [-0.3, -0.25) is 24.6 Å². The summed E-state index contributed by atoms with van der Waals surface area (Å²) in [6, 6.07) is 10.7. The maximum Gasteiger partial charge on any atom is 0.322 e. The molecule has 0 saturated heterocycles. The maximum absolute atomic E-state index is 12.2. The number of aromatic nitrogens is 2. The Kier molecular flexibility index (Phi) is 7.13. The van der Waals surface area contributed by atoms with Crippen molar-refractivity contribution in [3.8, 4) is 0 Å². The van der Waals surface area contributed by atoms with Crippen LogP contribution in [0.15, 0.2) is 53.6 Å². The fourth-order valence-electron chi connectivity index (χ4n) is 2.91. The molecule has 0 aliphatic rings. The fourth-order valence-corrected chi connectivity index (χ4v) is 2.91. The van der Waals surface area contributed by atoms with E-state index in [9.17, 15) is 19.2 Å². The number of carboxylic acid groups (broad SMARTS) is 2. The van der Waals surface area contributed by atoms with E-state index in [0.29, 0.717) is 23.0 Å². The van der Waals surface area contributed by atoms with E-state index in [2.05, 4.69) is 26.1 Å². The van der Waals surface area contributed by atoms with E-state index in [-0.39, 0.29) is 18.4 Å². The molecule has 11 heteroatoms. The van der Waals surface area contributed by atoms with Gasteiger partial charge < -0.3 is 20.5 Å². The zero-order valence-corrected chi connectivity index (χ0v) is 16.8. The zero-order chi connectivity index (χ0) is 23.1. The average Bonchev–Trinajstić information content (AvgIpc) is 2.78. The number of rotatable bonds is 10. The molecule has 0 saturated carbocycles. The first-order valence-corrected chi connectivity index (χ1v) is 9.64. The second-order valence-electron chi connectivity index (χ2n) is 6.94. The van der Waals surface area contributed by atoms with Crippen LogP contribution in [0.3, 0.4) is 0 Å². The van der Waals surface area contributed by atoms with Crippen LogP contribution in [0.25, 0.3) is 10.9 Å². The summed E-state index contributed by atoms with van der Waals surface area (Å²) in [7, 11) is 0. The number of fused-ring (bicyclic) bond motifs is 1. The molecule has 0 aliphatic heterocycles. The van der Waals surface area contributed by atoms with Crippen LogP contribution < -0.4 is 21.7 Å². The van der Waals surface area contributed by atoms with Crippen molar-refractivity contribution in [2.45, 2.75) is 25.4 Å². The van der Waals surface area contributed by atoms with E-state index in [0.717, 1.165) is 11.3 Å². The van der Waals surface area contributed by atoms with Gasteiger partial charge in [-0.05, 0) is 42.3 Å². The summed E-state index contributed by atoms with van der Waals surface area (Å²) in [6.07, 6.45) is 0.832. The molecule has 6 N–H and O–H groups in total. The first-order chi connectivity index (χ1) is 15.3. The lowest BCUT2D eigenvalue weighted by Gasteiger charge is -2.14. The summed E-state index contributed by atoms with van der Waals surface area (Å²) in [5.41, 5.74) is 6.91. The van der Waals surface area contributed by atoms with E-state index in [4.69, 9.17) is 10.2 Å². The van der Waals surface area contributed by atoms with Crippen LogP contribution in [0, 0.1) is 0 Å². The van der Waals surface area contributed by atoms with Gasteiger partial charge in [-0.15, -0.1) is 0 Å². The van der Waals surface area contributed by atoms with E-state index < -0.39 is 23.9 Å². The van der Waals surface area contributed by atoms with Crippen molar-refractivity contribution in [1.29, 1.82) is 0 Å². The van der Waals surface area contributed by atoms with Crippen LogP contribution in [0.4, 0.5) is 5.69 Å². The van der Waals surface area contributed by atoms with Gasteiger partial charge in [-0.25, -0.2) is 10.4 Å². The normalized spacial score (nSPS) is 11.6. The van der Waals surface area contributed by atoms with Crippen molar-refractivity contribution in [1.82, 2.24) is 20.8 Å². The topological polar surface area (TPSA) is 174 Å². The Hall–Kier alpha value is -4.25. The van der Waals surface area contributed by atoms with Crippen molar-refractivity contribution in [3.05, 3.63) is 70.3 Å². The number of nitrogens with zero attached hydrogens (tertiary/aromatic N) is 1.